The van der Waals surface area contributed by atoms with Crippen molar-refractivity contribution in [3.63, 3.8) is 0 Å². The van der Waals surface area contributed by atoms with E-state index in [0.717, 1.165) is 24.3 Å². The van der Waals surface area contributed by atoms with Crippen LogP contribution in [0.4, 0.5) is 25.0 Å². The number of ether oxygens (including phenoxy) is 1. The number of nitro groups is 1. The smallest absolute Gasteiger partial charge is 0.408 e. The van der Waals surface area contributed by atoms with Gasteiger partial charge in [-0.05, 0) is 52.3 Å². The summed E-state index contributed by atoms with van der Waals surface area (Å²) in [4.78, 5) is 49.4. The Balaban J connectivity index is 2.60. The van der Waals surface area contributed by atoms with Gasteiger partial charge in [0.2, 0.25) is 0 Å². The largest absolute Gasteiger partial charge is 0.444 e. The molecule has 2 aromatic carbocycles. The Hall–Kier alpha value is -3.89. The van der Waals surface area contributed by atoms with Gasteiger partial charge in [0.1, 0.15) is 34.5 Å². The molecule has 1 atom stereocenters. The van der Waals surface area contributed by atoms with E-state index in [1.165, 1.54) is 26.0 Å². The third-order valence-corrected chi connectivity index (χ3v) is 4.35. The van der Waals surface area contributed by atoms with Gasteiger partial charge >= 0.3 is 6.09 Å². The zero-order valence-electron chi connectivity index (χ0n) is 18.6. The zero-order valence-corrected chi connectivity index (χ0v) is 18.6. The van der Waals surface area contributed by atoms with Crippen LogP contribution in [0.3, 0.4) is 0 Å². The van der Waals surface area contributed by atoms with E-state index in [2.05, 4.69) is 5.32 Å². The molecule has 0 aliphatic rings. The predicted octanol–water partition coefficient (Wildman–Crippen LogP) is 4.27. The molecule has 0 bridgehead atoms. The highest BCUT2D eigenvalue weighted by Crippen LogP contribution is 2.30. The van der Waals surface area contributed by atoms with Gasteiger partial charge in [0.15, 0.2) is 0 Å². The van der Waals surface area contributed by atoms with Gasteiger partial charge < -0.3 is 10.1 Å². The summed E-state index contributed by atoms with van der Waals surface area (Å²) in [6.07, 6.45) is -1.01. The number of aryl methyl sites for hydroxylation is 1. The fourth-order valence-corrected chi connectivity index (χ4v) is 2.95. The molecule has 0 saturated carbocycles. The molecular weight excluding hydrogens is 440 g/mol. The Bertz CT molecular complexity index is 1090. The molecular formula is C22H23F2N3O6. The number of nitrogens with zero attached hydrogens (tertiary/aromatic N) is 2. The van der Waals surface area contributed by atoms with E-state index in [-0.39, 0.29) is 10.5 Å². The van der Waals surface area contributed by atoms with Crippen molar-refractivity contribution in [2.45, 2.75) is 46.3 Å². The fourth-order valence-electron chi connectivity index (χ4n) is 2.95. The van der Waals surface area contributed by atoms with E-state index in [1.807, 2.05) is 0 Å². The van der Waals surface area contributed by atoms with Gasteiger partial charge in [-0.15, -0.1) is 0 Å². The molecule has 0 saturated heterocycles. The predicted molar refractivity (Wildman–Crippen MR) is 115 cm³/mol. The van der Waals surface area contributed by atoms with Crippen molar-refractivity contribution in [2.75, 3.05) is 4.90 Å². The summed E-state index contributed by atoms with van der Waals surface area (Å²) in [5.74, 6) is -5.06. The molecule has 0 heterocycles. The van der Waals surface area contributed by atoms with Gasteiger partial charge in [0.05, 0.1) is 4.92 Å². The molecule has 1 N–H and O–H groups in total. The number of anilines is 1. The second-order valence-electron chi connectivity index (χ2n) is 8.14. The minimum absolute atomic E-state index is 0.108. The van der Waals surface area contributed by atoms with Crippen molar-refractivity contribution in [3.8, 4) is 0 Å². The Morgan fingerprint density at radius 1 is 1.09 bits per heavy atom. The normalized spacial score (nSPS) is 12.0. The van der Waals surface area contributed by atoms with Gasteiger partial charge in [0.25, 0.3) is 17.5 Å². The van der Waals surface area contributed by atoms with E-state index in [9.17, 15) is 33.3 Å². The Morgan fingerprint density at radius 3 is 2.15 bits per heavy atom. The highest BCUT2D eigenvalue weighted by atomic mass is 19.1. The molecule has 0 radical (unpaired) electrons. The summed E-state index contributed by atoms with van der Waals surface area (Å²) < 4.78 is 34.3. The van der Waals surface area contributed by atoms with Crippen molar-refractivity contribution in [3.05, 3.63) is 69.3 Å². The van der Waals surface area contributed by atoms with Crippen LogP contribution >= 0.6 is 0 Å². The quantitative estimate of drug-likeness (QED) is 0.523. The summed E-state index contributed by atoms with van der Waals surface area (Å²) in [5.41, 5.74) is -2.99. The van der Waals surface area contributed by atoms with Crippen LogP contribution < -0.4 is 10.2 Å². The first-order valence-electron chi connectivity index (χ1n) is 9.80. The first-order valence-corrected chi connectivity index (χ1v) is 9.80. The van der Waals surface area contributed by atoms with Gasteiger partial charge in [0, 0.05) is 6.07 Å². The number of carbonyl (C=O) groups is 3. The number of nitrogens with one attached hydrogen (secondary N) is 1. The maximum Gasteiger partial charge on any atom is 0.408 e. The molecule has 2 rings (SSSR count). The number of benzene rings is 2. The number of rotatable bonds is 5. The molecule has 9 nitrogen and oxygen atoms in total. The summed E-state index contributed by atoms with van der Waals surface area (Å²) in [6, 6.07) is 4.93. The van der Waals surface area contributed by atoms with Crippen LogP contribution in [0, 0.1) is 28.7 Å². The molecule has 0 spiro atoms. The minimum Gasteiger partial charge on any atom is -0.444 e. The molecule has 3 amide bonds. The summed E-state index contributed by atoms with van der Waals surface area (Å²) >= 11 is 0. The molecule has 11 heteroatoms. The lowest BCUT2D eigenvalue weighted by atomic mass is 10.0. The molecule has 0 unspecified atom stereocenters. The van der Waals surface area contributed by atoms with Crippen molar-refractivity contribution >= 4 is 29.3 Å². The number of halogens is 2. The first kappa shape index (κ1) is 25.4. The van der Waals surface area contributed by atoms with Crippen molar-refractivity contribution < 1.29 is 32.8 Å². The number of alkyl carbamates (subject to hydrolysis) is 1. The Labute approximate surface area is 188 Å². The standard InChI is InChI=1S/C22H23F2N3O6/c1-12-8-6-11-16(27(31)32)17(12)20(29)26(18-14(23)9-7-10-15(18)24)19(28)13(2)25-21(30)33-22(3,4)5/h6-11,13H,1-5H3,(H,25,30)/t13-/m0/s1. The maximum atomic E-state index is 14.6. The average molecular weight is 463 g/mol. The molecule has 0 aliphatic carbocycles. The number of hydrogen-bond donors (Lipinski definition) is 1. The lowest BCUT2D eigenvalue weighted by molar-refractivity contribution is -0.385. The van der Waals surface area contributed by atoms with Gasteiger partial charge in [-0.25, -0.2) is 18.5 Å². The number of nitro benzene ring substituents is 1. The van der Waals surface area contributed by atoms with Crippen LogP contribution in [0.5, 0.6) is 0 Å². The average Bonchev–Trinajstić information content (AvgIpc) is 2.68. The monoisotopic (exact) mass is 463 g/mol. The molecule has 33 heavy (non-hydrogen) atoms. The van der Waals surface area contributed by atoms with E-state index in [0.29, 0.717) is 0 Å². The van der Waals surface area contributed by atoms with Crippen LogP contribution in [0.25, 0.3) is 0 Å². The van der Waals surface area contributed by atoms with E-state index >= 15 is 0 Å². The van der Waals surface area contributed by atoms with Crippen LogP contribution in [0.2, 0.25) is 0 Å². The first-order chi connectivity index (χ1) is 15.2. The SMILES string of the molecule is Cc1cccc([N+](=O)[O-])c1C(=O)N(C(=O)[C@H](C)NC(=O)OC(C)(C)C)c1c(F)cccc1F. The van der Waals surface area contributed by atoms with Gasteiger partial charge in [-0.3, -0.25) is 19.7 Å². The van der Waals surface area contributed by atoms with Crippen molar-refractivity contribution in [1.29, 1.82) is 0 Å². The lowest BCUT2D eigenvalue weighted by Crippen LogP contribution is -2.51. The molecule has 176 valence electrons. The third-order valence-electron chi connectivity index (χ3n) is 4.35. The Kier molecular flexibility index (Phi) is 7.47. The fraction of sp³-hybridized carbons (Fsp3) is 0.318. The second-order valence-corrected chi connectivity index (χ2v) is 8.14. The molecule has 0 aromatic heterocycles. The third kappa shape index (κ3) is 5.88. The minimum atomic E-state index is -1.48. The zero-order chi connectivity index (χ0) is 25.1. The lowest BCUT2D eigenvalue weighted by Gasteiger charge is -2.27. The molecule has 0 fully saturated rings. The number of amides is 3. The van der Waals surface area contributed by atoms with Crippen molar-refractivity contribution in [2.24, 2.45) is 0 Å². The van der Waals surface area contributed by atoms with Crippen LogP contribution in [0.15, 0.2) is 36.4 Å². The number of hydrogen-bond acceptors (Lipinski definition) is 6. The van der Waals surface area contributed by atoms with Crippen LogP contribution in [-0.2, 0) is 9.53 Å². The summed E-state index contributed by atoms with van der Waals surface area (Å²) in [5, 5.41) is 13.7. The van der Waals surface area contributed by atoms with E-state index < -0.39 is 63.0 Å². The Morgan fingerprint density at radius 2 is 1.64 bits per heavy atom. The maximum absolute atomic E-state index is 14.6. The second kappa shape index (κ2) is 9.72. The van der Waals surface area contributed by atoms with E-state index in [4.69, 9.17) is 4.74 Å². The summed E-state index contributed by atoms with van der Waals surface area (Å²) in [6.45, 7) is 7.31. The number of imide groups is 1. The number of para-hydroxylation sites is 1. The molecule has 2 aromatic rings. The number of carbonyl (C=O) groups excluding carboxylic acids is 3. The van der Waals surface area contributed by atoms with E-state index in [1.54, 1.807) is 20.8 Å². The van der Waals surface area contributed by atoms with Crippen LogP contribution in [0.1, 0.15) is 43.6 Å². The van der Waals surface area contributed by atoms with Crippen LogP contribution in [-0.4, -0.2) is 34.5 Å². The summed E-state index contributed by atoms with van der Waals surface area (Å²) in [7, 11) is 0. The topological polar surface area (TPSA) is 119 Å². The van der Waals surface area contributed by atoms with Crippen molar-refractivity contribution in [1.82, 2.24) is 5.32 Å². The molecule has 0 aliphatic heterocycles. The highest BCUT2D eigenvalue weighted by molar-refractivity contribution is 6.24. The van der Waals surface area contributed by atoms with Gasteiger partial charge in [-0.2, -0.15) is 0 Å². The van der Waals surface area contributed by atoms with Gasteiger partial charge in [-0.1, -0.05) is 18.2 Å². The highest BCUT2D eigenvalue weighted by Gasteiger charge is 2.37.